The van der Waals surface area contributed by atoms with Crippen LogP contribution >= 0.6 is 0 Å². The molecule has 1 aromatic carbocycles. The van der Waals surface area contributed by atoms with E-state index in [2.05, 4.69) is 24.8 Å². The van der Waals surface area contributed by atoms with Gasteiger partial charge in [-0.3, -0.25) is 4.90 Å². The van der Waals surface area contributed by atoms with Crippen LogP contribution in [0, 0.1) is 17.2 Å². The molecule has 0 saturated carbocycles. The van der Waals surface area contributed by atoms with Gasteiger partial charge in [0.15, 0.2) is 0 Å². The van der Waals surface area contributed by atoms with Gasteiger partial charge in [0.25, 0.3) is 0 Å². The van der Waals surface area contributed by atoms with E-state index in [1.807, 2.05) is 30.3 Å². The van der Waals surface area contributed by atoms with Crippen molar-refractivity contribution < 1.29 is 9.84 Å². The van der Waals surface area contributed by atoms with Gasteiger partial charge in [-0.15, -0.1) is 0 Å². The number of aliphatic hydroxyl groups is 1. The van der Waals surface area contributed by atoms with E-state index in [1.54, 1.807) is 0 Å². The summed E-state index contributed by atoms with van der Waals surface area (Å²) >= 11 is 0. The minimum Gasteiger partial charge on any atom is -0.389 e. The molecule has 21 heavy (non-hydrogen) atoms. The lowest BCUT2D eigenvalue weighted by atomic mass is 10.2. The lowest BCUT2D eigenvalue weighted by Crippen LogP contribution is -2.37. The molecule has 1 N–H and O–H groups in total. The summed E-state index contributed by atoms with van der Waals surface area (Å²) in [7, 11) is 0. The maximum atomic E-state index is 10.1. The molecule has 0 saturated heterocycles. The van der Waals surface area contributed by atoms with E-state index < -0.39 is 6.10 Å². The van der Waals surface area contributed by atoms with Crippen molar-refractivity contribution in [1.82, 2.24) is 4.90 Å². The van der Waals surface area contributed by atoms with Crippen LogP contribution in [-0.4, -0.2) is 42.4 Å². The molecule has 4 heteroatoms. The van der Waals surface area contributed by atoms with Crippen molar-refractivity contribution in [2.75, 3.05) is 26.2 Å². The average Bonchev–Trinajstić information content (AvgIpc) is 2.45. The van der Waals surface area contributed by atoms with E-state index in [0.717, 1.165) is 12.1 Å². The second kappa shape index (κ2) is 10.3. The van der Waals surface area contributed by atoms with Gasteiger partial charge in [-0.25, -0.2) is 0 Å². The molecule has 0 aromatic heterocycles. The zero-order valence-electron chi connectivity index (χ0n) is 13.0. The quantitative estimate of drug-likeness (QED) is 0.719. The summed E-state index contributed by atoms with van der Waals surface area (Å²) in [5, 5.41) is 18.7. The summed E-state index contributed by atoms with van der Waals surface area (Å²) in [4.78, 5) is 2.13. The van der Waals surface area contributed by atoms with Crippen LogP contribution in [0.3, 0.4) is 0 Å². The van der Waals surface area contributed by atoms with Crippen LogP contribution in [0.2, 0.25) is 0 Å². The first-order valence-electron chi connectivity index (χ1n) is 7.51. The monoisotopic (exact) mass is 290 g/mol. The molecule has 0 bridgehead atoms. The van der Waals surface area contributed by atoms with Gasteiger partial charge in [-0.05, 0) is 11.5 Å². The number of ether oxygens (including phenoxy) is 1. The topological polar surface area (TPSA) is 56.5 Å². The largest absolute Gasteiger partial charge is 0.389 e. The first kappa shape index (κ1) is 17.6. The van der Waals surface area contributed by atoms with Crippen LogP contribution in [0.5, 0.6) is 0 Å². The Kier molecular flexibility index (Phi) is 8.68. The number of benzene rings is 1. The first-order valence-corrected chi connectivity index (χ1v) is 7.51. The van der Waals surface area contributed by atoms with Crippen LogP contribution in [0.15, 0.2) is 30.3 Å². The molecule has 0 aliphatic carbocycles. The van der Waals surface area contributed by atoms with Crippen molar-refractivity contribution >= 4 is 0 Å². The minimum absolute atomic E-state index is 0.316. The predicted octanol–water partition coefficient (Wildman–Crippen LogP) is 2.44. The fourth-order valence-corrected chi connectivity index (χ4v) is 2.22. The number of nitrogens with zero attached hydrogens (tertiary/aromatic N) is 2. The molecule has 0 fully saturated rings. The summed E-state index contributed by atoms with van der Waals surface area (Å²) in [6.07, 6.45) is -0.0317. The summed E-state index contributed by atoms with van der Waals surface area (Å²) < 4.78 is 5.55. The third-order valence-electron chi connectivity index (χ3n) is 3.05. The van der Waals surface area contributed by atoms with Crippen molar-refractivity contribution in [3.63, 3.8) is 0 Å². The zero-order chi connectivity index (χ0) is 15.5. The van der Waals surface area contributed by atoms with E-state index in [0.29, 0.717) is 38.6 Å². The number of aliphatic hydroxyl groups excluding tert-OH is 1. The Balaban J connectivity index is 2.28. The zero-order valence-corrected chi connectivity index (χ0v) is 13.0. The maximum absolute atomic E-state index is 10.1. The summed E-state index contributed by atoms with van der Waals surface area (Å²) in [5.74, 6) is 0.515. The molecule has 0 amide bonds. The standard InChI is InChI=1S/C17H26N2O2/c1-15(2)11-19(10-6-9-18)12-17(20)14-21-13-16-7-4-3-5-8-16/h3-5,7-8,15,17,20H,6,10-14H2,1-2H3. The Morgan fingerprint density at radius 3 is 2.57 bits per heavy atom. The van der Waals surface area contributed by atoms with Crippen molar-refractivity contribution in [2.45, 2.75) is 33.0 Å². The van der Waals surface area contributed by atoms with Crippen molar-refractivity contribution in [3.05, 3.63) is 35.9 Å². The highest BCUT2D eigenvalue weighted by Gasteiger charge is 2.13. The smallest absolute Gasteiger partial charge is 0.0900 e. The molecule has 1 rings (SSSR count). The Labute approximate surface area is 128 Å². The van der Waals surface area contributed by atoms with Gasteiger partial charge in [0.05, 0.1) is 25.4 Å². The third-order valence-corrected chi connectivity index (χ3v) is 3.05. The molecule has 0 heterocycles. The highest BCUT2D eigenvalue weighted by Crippen LogP contribution is 2.04. The minimum atomic E-state index is -0.522. The van der Waals surface area contributed by atoms with E-state index in [-0.39, 0.29) is 0 Å². The van der Waals surface area contributed by atoms with Gasteiger partial charge in [-0.1, -0.05) is 44.2 Å². The fraction of sp³-hybridized carbons (Fsp3) is 0.588. The SMILES string of the molecule is CC(C)CN(CCC#N)CC(O)COCc1ccccc1. The molecule has 1 unspecified atom stereocenters. The molecule has 0 aliphatic rings. The van der Waals surface area contributed by atoms with Gasteiger partial charge in [0, 0.05) is 26.1 Å². The Bertz CT molecular complexity index is 415. The van der Waals surface area contributed by atoms with Gasteiger partial charge < -0.3 is 9.84 Å². The fourth-order valence-electron chi connectivity index (χ4n) is 2.22. The van der Waals surface area contributed by atoms with Crippen LogP contribution in [0.1, 0.15) is 25.8 Å². The summed E-state index contributed by atoms with van der Waals surface area (Å²) in [6, 6.07) is 12.1. The molecule has 4 nitrogen and oxygen atoms in total. The summed E-state index contributed by atoms with van der Waals surface area (Å²) in [5.41, 5.74) is 1.10. The van der Waals surface area contributed by atoms with Crippen molar-refractivity contribution in [1.29, 1.82) is 5.26 Å². The second-order valence-electron chi connectivity index (χ2n) is 5.72. The number of rotatable bonds is 10. The second-order valence-corrected chi connectivity index (χ2v) is 5.72. The third kappa shape index (κ3) is 8.46. The van der Waals surface area contributed by atoms with Gasteiger partial charge in [0.1, 0.15) is 0 Å². The Morgan fingerprint density at radius 2 is 1.95 bits per heavy atom. The first-order chi connectivity index (χ1) is 10.1. The highest BCUT2D eigenvalue weighted by molar-refractivity contribution is 5.13. The van der Waals surface area contributed by atoms with Crippen LogP contribution < -0.4 is 0 Å². The van der Waals surface area contributed by atoms with Gasteiger partial charge in [-0.2, -0.15) is 5.26 Å². The van der Waals surface area contributed by atoms with Gasteiger partial charge in [0.2, 0.25) is 0 Å². The highest BCUT2D eigenvalue weighted by atomic mass is 16.5. The van der Waals surface area contributed by atoms with Gasteiger partial charge >= 0.3 is 0 Å². The number of hydrogen-bond acceptors (Lipinski definition) is 4. The van der Waals surface area contributed by atoms with Crippen LogP contribution in [-0.2, 0) is 11.3 Å². The molecule has 1 aromatic rings. The van der Waals surface area contributed by atoms with E-state index in [9.17, 15) is 5.11 Å². The van der Waals surface area contributed by atoms with E-state index in [4.69, 9.17) is 10.00 Å². The van der Waals surface area contributed by atoms with E-state index >= 15 is 0 Å². The number of hydrogen-bond donors (Lipinski definition) is 1. The summed E-state index contributed by atoms with van der Waals surface area (Å²) in [6.45, 7) is 7.24. The Morgan fingerprint density at radius 1 is 1.24 bits per heavy atom. The average molecular weight is 290 g/mol. The van der Waals surface area contributed by atoms with Crippen LogP contribution in [0.4, 0.5) is 0 Å². The molecule has 0 radical (unpaired) electrons. The van der Waals surface area contributed by atoms with Crippen molar-refractivity contribution in [3.8, 4) is 6.07 Å². The van der Waals surface area contributed by atoms with Crippen molar-refractivity contribution in [2.24, 2.45) is 5.92 Å². The molecule has 116 valence electrons. The molecular weight excluding hydrogens is 264 g/mol. The maximum Gasteiger partial charge on any atom is 0.0900 e. The molecule has 0 spiro atoms. The molecular formula is C17H26N2O2. The Hall–Kier alpha value is -1.41. The molecule has 0 aliphatic heterocycles. The predicted molar refractivity (Wildman–Crippen MR) is 83.6 cm³/mol. The van der Waals surface area contributed by atoms with Crippen LogP contribution in [0.25, 0.3) is 0 Å². The lowest BCUT2D eigenvalue weighted by molar-refractivity contribution is 0.00855. The van der Waals surface area contributed by atoms with E-state index in [1.165, 1.54) is 0 Å². The normalized spacial score (nSPS) is 12.6. The number of nitriles is 1. The molecule has 1 atom stereocenters. The lowest BCUT2D eigenvalue weighted by Gasteiger charge is -2.25.